The van der Waals surface area contributed by atoms with Crippen LogP contribution >= 0.6 is 11.6 Å². The first-order valence-corrected chi connectivity index (χ1v) is 7.08. The van der Waals surface area contributed by atoms with Crippen molar-refractivity contribution in [1.82, 2.24) is 5.32 Å². The van der Waals surface area contributed by atoms with Crippen LogP contribution in [-0.2, 0) is 0 Å². The maximum atomic E-state index is 10.1. The number of hydrogen-bond donors (Lipinski definition) is 2. The molecule has 1 aromatic rings. The molecule has 0 heterocycles. The highest BCUT2D eigenvalue weighted by molar-refractivity contribution is 6.31. The average molecular weight is 270 g/mol. The molecule has 0 aromatic heterocycles. The summed E-state index contributed by atoms with van der Waals surface area (Å²) in [5.74, 6) is 0.713. The van der Waals surface area contributed by atoms with Crippen molar-refractivity contribution in [2.75, 3.05) is 6.54 Å². The third-order valence-electron chi connectivity index (χ3n) is 3.38. The molecule has 18 heavy (non-hydrogen) atoms. The number of benzene rings is 1. The van der Waals surface area contributed by atoms with Crippen LogP contribution in [0.1, 0.15) is 45.3 Å². The first-order valence-electron chi connectivity index (χ1n) is 6.70. The van der Waals surface area contributed by atoms with Crippen LogP contribution in [0.3, 0.4) is 0 Å². The number of rotatable bonds is 7. The molecule has 2 nitrogen and oxygen atoms in total. The van der Waals surface area contributed by atoms with Crippen molar-refractivity contribution >= 4 is 11.6 Å². The molecule has 0 saturated heterocycles. The van der Waals surface area contributed by atoms with Crippen LogP contribution in [-0.4, -0.2) is 17.7 Å². The molecule has 3 heteroatoms. The molecule has 0 saturated carbocycles. The zero-order chi connectivity index (χ0) is 13.5. The van der Waals surface area contributed by atoms with Gasteiger partial charge in [-0.25, -0.2) is 0 Å². The second-order valence-electron chi connectivity index (χ2n) is 5.10. The maximum Gasteiger partial charge on any atom is 0.0928 e. The molecule has 0 amide bonds. The van der Waals surface area contributed by atoms with Crippen LogP contribution in [0.15, 0.2) is 24.3 Å². The molecule has 2 N–H and O–H groups in total. The summed E-state index contributed by atoms with van der Waals surface area (Å²) in [6.45, 7) is 7.16. The van der Waals surface area contributed by atoms with E-state index in [1.807, 2.05) is 24.3 Å². The van der Waals surface area contributed by atoms with Gasteiger partial charge in [0.2, 0.25) is 0 Å². The lowest BCUT2D eigenvalue weighted by atomic mass is 10.00. The van der Waals surface area contributed by atoms with E-state index < -0.39 is 6.10 Å². The summed E-state index contributed by atoms with van der Waals surface area (Å²) < 4.78 is 0. The first kappa shape index (κ1) is 15.5. The normalized spacial score (nSPS) is 16.3. The zero-order valence-corrected chi connectivity index (χ0v) is 12.2. The van der Waals surface area contributed by atoms with Crippen LogP contribution < -0.4 is 5.32 Å². The number of aliphatic hydroxyl groups excluding tert-OH is 1. The minimum absolute atomic E-state index is 0.414. The molecule has 0 aliphatic heterocycles. The van der Waals surface area contributed by atoms with E-state index in [1.54, 1.807) is 0 Å². The highest BCUT2D eigenvalue weighted by Gasteiger charge is 2.13. The predicted octanol–water partition coefficient (Wildman–Crippen LogP) is 3.79. The smallest absolute Gasteiger partial charge is 0.0928 e. The Balaban J connectivity index is 2.42. The minimum atomic E-state index is -0.543. The Labute approximate surface area is 115 Å². The average Bonchev–Trinajstić information content (AvgIpc) is 2.36. The van der Waals surface area contributed by atoms with E-state index in [0.717, 1.165) is 12.0 Å². The predicted molar refractivity (Wildman–Crippen MR) is 77.9 cm³/mol. The second-order valence-corrected chi connectivity index (χ2v) is 5.50. The van der Waals surface area contributed by atoms with Gasteiger partial charge in [0.1, 0.15) is 0 Å². The Hall–Kier alpha value is -0.570. The van der Waals surface area contributed by atoms with Gasteiger partial charge in [0.15, 0.2) is 0 Å². The summed E-state index contributed by atoms with van der Waals surface area (Å²) in [5, 5.41) is 14.1. The number of halogens is 1. The monoisotopic (exact) mass is 269 g/mol. The molecule has 0 aliphatic carbocycles. The van der Waals surface area contributed by atoms with Crippen molar-refractivity contribution in [2.45, 2.75) is 45.8 Å². The quantitative estimate of drug-likeness (QED) is 0.789. The minimum Gasteiger partial charge on any atom is -0.387 e. The molecular weight excluding hydrogens is 246 g/mol. The molecule has 1 aromatic carbocycles. The molecule has 3 atom stereocenters. The molecule has 0 spiro atoms. The molecule has 0 fully saturated rings. The van der Waals surface area contributed by atoms with E-state index in [1.165, 1.54) is 6.42 Å². The SMILES string of the molecule is CCC(C)CC(C)NCC(O)c1ccccc1Cl. The molecule has 0 bridgehead atoms. The fourth-order valence-electron chi connectivity index (χ4n) is 2.02. The third kappa shape index (κ3) is 4.97. The summed E-state index contributed by atoms with van der Waals surface area (Å²) in [6, 6.07) is 7.86. The van der Waals surface area contributed by atoms with Crippen molar-refractivity contribution in [3.63, 3.8) is 0 Å². The van der Waals surface area contributed by atoms with Gasteiger partial charge in [-0.3, -0.25) is 0 Å². The van der Waals surface area contributed by atoms with Gasteiger partial charge in [-0.15, -0.1) is 0 Å². The van der Waals surface area contributed by atoms with Crippen molar-refractivity contribution in [2.24, 2.45) is 5.92 Å². The third-order valence-corrected chi connectivity index (χ3v) is 3.72. The van der Waals surface area contributed by atoms with E-state index in [2.05, 4.69) is 26.1 Å². The van der Waals surface area contributed by atoms with Gasteiger partial charge in [-0.05, 0) is 25.3 Å². The fraction of sp³-hybridized carbons (Fsp3) is 0.600. The lowest BCUT2D eigenvalue weighted by Gasteiger charge is -2.20. The highest BCUT2D eigenvalue weighted by Crippen LogP contribution is 2.22. The van der Waals surface area contributed by atoms with Gasteiger partial charge >= 0.3 is 0 Å². The van der Waals surface area contributed by atoms with Crippen molar-refractivity contribution in [3.8, 4) is 0 Å². The van der Waals surface area contributed by atoms with Crippen molar-refractivity contribution in [1.29, 1.82) is 0 Å². The second kappa shape index (κ2) is 7.78. The van der Waals surface area contributed by atoms with Crippen LogP contribution in [0.4, 0.5) is 0 Å². The Bertz CT molecular complexity index is 356. The summed E-state index contributed by atoms with van der Waals surface area (Å²) in [5.41, 5.74) is 0.794. The summed E-state index contributed by atoms with van der Waals surface area (Å²) >= 11 is 6.05. The summed E-state index contributed by atoms with van der Waals surface area (Å²) in [4.78, 5) is 0. The standard InChI is InChI=1S/C15H24ClNO/c1-4-11(2)9-12(3)17-10-15(18)13-7-5-6-8-14(13)16/h5-8,11-12,15,17-18H,4,9-10H2,1-3H3. The molecule has 0 radical (unpaired) electrons. The first-order chi connectivity index (χ1) is 8.54. The highest BCUT2D eigenvalue weighted by atomic mass is 35.5. The molecule has 0 aliphatic rings. The Morgan fingerprint density at radius 1 is 1.28 bits per heavy atom. The molecule has 3 unspecified atom stereocenters. The van der Waals surface area contributed by atoms with Crippen LogP contribution in [0.5, 0.6) is 0 Å². The van der Waals surface area contributed by atoms with E-state index in [9.17, 15) is 5.11 Å². The van der Waals surface area contributed by atoms with Gasteiger partial charge in [-0.1, -0.05) is 50.1 Å². The zero-order valence-electron chi connectivity index (χ0n) is 11.5. The van der Waals surface area contributed by atoms with E-state index >= 15 is 0 Å². The van der Waals surface area contributed by atoms with Crippen LogP contribution in [0.25, 0.3) is 0 Å². The molecule has 1 rings (SSSR count). The van der Waals surface area contributed by atoms with Crippen LogP contribution in [0.2, 0.25) is 5.02 Å². The van der Waals surface area contributed by atoms with Gasteiger partial charge in [0, 0.05) is 23.2 Å². The summed E-state index contributed by atoms with van der Waals surface area (Å²) in [7, 11) is 0. The fourth-order valence-corrected chi connectivity index (χ4v) is 2.28. The lowest BCUT2D eigenvalue weighted by Crippen LogP contribution is -2.31. The number of aliphatic hydroxyl groups is 1. The largest absolute Gasteiger partial charge is 0.387 e. The lowest BCUT2D eigenvalue weighted by molar-refractivity contribution is 0.168. The van der Waals surface area contributed by atoms with Gasteiger partial charge < -0.3 is 10.4 Å². The van der Waals surface area contributed by atoms with E-state index in [-0.39, 0.29) is 0 Å². The Morgan fingerprint density at radius 3 is 2.56 bits per heavy atom. The number of hydrogen-bond acceptors (Lipinski definition) is 2. The summed E-state index contributed by atoms with van der Waals surface area (Å²) in [6.07, 6.45) is 1.78. The van der Waals surface area contributed by atoms with E-state index in [4.69, 9.17) is 11.6 Å². The Morgan fingerprint density at radius 2 is 1.94 bits per heavy atom. The number of nitrogens with one attached hydrogen (secondary N) is 1. The van der Waals surface area contributed by atoms with Crippen molar-refractivity contribution < 1.29 is 5.11 Å². The van der Waals surface area contributed by atoms with Crippen molar-refractivity contribution in [3.05, 3.63) is 34.9 Å². The van der Waals surface area contributed by atoms with Gasteiger partial charge in [0.05, 0.1) is 6.10 Å². The van der Waals surface area contributed by atoms with Crippen LogP contribution in [0, 0.1) is 5.92 Å². The van der Waals surface area contributed by atoms with Gasteiger partial charge in [0.25, 0.3) is 0 Å². The Kier molecular flexibility index (Phi) is 6.69. The van der Waals surface area contributed by atoms with Gasteiger partial charge in [-0.2, -0.15) is 0 Å². The molecular formula is C15H24ClNO. The van der Waals surface area contributed by atoms with E-state index in [0.29, 0.717) is 23.5 Å². The topological polar surface area (TPSA) is 32.3 Å². The molecule has 102 valence electrons. The maximum absolute atomic E-state index is 10.1.